The number of amides is 2. The predicted octanol–water partition coefficient (Wildman–Crippen LogP) is 4.67. The topological polar surface area (TPSA) is 70.7 Å². The summed E-state index contributed by atoms with van der Waals surface area (Å²) in [4.78, 5) is 29.5. The zero-order valence-corrected chi connectivity index (χ0v) is 21.5. The number of piperidine rings is 1. The molecular weight excluding hydrogens is 452 g/mol. The number of aromatic nitrogens is 1. The summed E-state index contributed by atoms with van der Waals surface area (Å²) < 4.78 is 7.99. The number of nitrogens with one attached hydrogen (secondary N) is 1. The Hall–Kier alpha value is -3.32. The highest BCUT2D eigenvalue weighted by Gasteiger charge is 2.22. The Morgan fingerprint density at radius 3 is 2.50 bits per heavy atom. The van der Waals surface area contributed by atoms with Crippen LogP contribution in [0.4, 0.5) is 0 Å². The van der Waals surface area contributed by atoms with Crippen LogP contribution < -0.4 is 5.32 Å². The zero-order chi connectivity index (χ0) is 25.3. The molecule has 2 amide bonds. The van der Waals surface area contributed by atoms with Gasteiger partial charge in [0.2, 0.25) is 5.91 Å². The molecule has 2 aromatic heterocycles. The molecule has 0 spiro atoms. The average molecular weight is 491 g/mol. The number of rotatable bonds is 11. The van der Waals surface area contributed by atoms with Crippen LogP contribution in [0.2, 0.25) is 0 Å². The van der Waals surface area contributed by atoms with Gasteiger partial charge in [0, 0.05) is 50.5 Å². The van der Waals surface area contributed by atoms with E-state index < -0.39 is 0 Å². The largest absolute Gasteiger partial charge is 0.454 e. The van der Waals surface area contributed by atoms with Gasteiger partial charge in [0.1, 0.15) is 5.76 Å². The van der Waals surface area contributed by atoms with Crippen LogP contribution in [0.3, 0.4) is 0 Å². The third-order valence-electron chi connectivity index (χ3n) is 6.81. The summed E-state index contributed by atoms with van der Waals surface area (Å²) in [6.45, 7) is 8.70. The second kappa shape index (κ2) is 12.6. The highest BCUT2D eigenvalue weighted by molar-refractivity contribution is 5.91. The monoisotopic (exact) mass is 490 g/mol. The van der Waals surface area contributed by atoms with Gasteiger partial charge in [-0.25, -0.2) is 0 Å². The Bertz CT molecular complexity index is 1110. The molecular formula is C29H38N4O3. The molecule has 0 radical (unpaired) electrons. The van der Waals surface area contributed by atoms with Crippen LogP contribution in [0.1, 0.15) is 67.1 Å². The van der Waals surface area contributed by atoms with Crippen molar-refractivity contribution >= 4 is 11.8 Å². The van der Waals surface area contributed by atoms with E-state index in [2.05, 4.69) is 46.0 Å². The van der Waals surface area contributed by atoms with E-state index in [-0.39, 0.29) is 17.9 Å². The second-order valence-corrected chi connectivity index (χ2v) is 9.57. The van der Waals surface area contributed by atoms with Crippen LogP contribution in [-0.2, 0) is 24.4 Å². The Morgan fingerprint density at radius 1 is 1.00 bits per heavy atom. The molecule has 3 aromatic rings. The fourth-order valence-electron chi connectivity index (χ4n) is 4.81. The molecule has 0 bridgehead atoms. The van der Waals surface area contributed by atoms with E-state index in [9.17, 15) is 9.59 Å². The maximum atomic E-state index is 12.8. The van der Waals surface area contributed by atoms with Crippen molar-refractivity contribution in [3.8, 4) is 0 Å². The first-order valence-electron chi connectivity index (χ1n) is 13.1. The number of carbonyl (C=O) groups is 2. The lowest BCUT2D eigenvalue weighted by Crippen LogP contribution is -2.44. The van der Waals surface area contributed by atoms with Crippen molar-refractivity contribution in [3.63, 3.8) is 0 Å². The van der Waals surface area contributed by atoms with Crippen LogP contribution in [0.15, 0.2) is 65.2 Å². The molecule has 1 aliphatic heterocycles. The second-order valence-electron chi connectivity index (χ2n) is 9.57. The van der Waals surface area contributed by atoms with Gasteiger partial charge in [0.25, 0.3) is 5.91 Å². The standard InChI is InChI=1S/C29H38N4O3/c1-3-16-33(28(34)4-2)21-25-11-8-17-32(25)22-26-12-13-27(36-26)29(35)30-24-14-18-31(19-15-24)20-23-9-6-5-7-10-23/h5-13,17,24H,3-4,14-16,18-22H2,1-2H3,(H,30,35). The van der Waals surface area contributed by atoms with Crippen molar-refractivity contribution in [1.82, 2.24) is 19.7 Å². The summed E-state index contributed by atoms with van der Waals surface area (Å²) in [6.07, 6.45) is 5.28. The Balaban J connectivity index is 1.28. The smallest absolute Gasteiger partial charge is 0.287 e. The number of carbonyl (C=O) groups excluding carboxylic acids is 2. The molecule has 0 unspecified atom stereocenters. The molecule has 0 atom stereocenters. The summed E-state index contributed by atoms with van der Waals surface area (Å²) in [7, 11) is 0. The molecule has 1 aliphatic rings. The van der Waals surface area contributed by atoms with Crippen molar-refractivity contribution in [1.29, 1.82) is 0 Å². The minimum atomic E-state index is -0.154. The van der Waals surface area contributed by atoms with Crippen molar-refractivity contribution in [2.24, 2.45) is 0 Å². The molecule has 3 heterocycles. The molecule has 1 fully saturated rings. The van der Waals surface area contributed by atoms with E-state index in [1.165, 1.54) is 5.56 Å². The van der Waals surface area contributed by atoms with E-state index >= 15 is 0 Å². The zero-order valence-electron chi connectivity index (χ0n) is 21.5. The van der Waals surface area contributed by atoms with Gasteiger partial charge in [-0.15, -0.1) is 0 Å². The van der Waals surface area contributed by atoms with Crippen molar-refractivity contribution < 1.29 is 14.0 Å². The lowest BCUT2D eigenvalue weighted by atomic mass is 10.0. The van der Waals surface area contributed by atoms with Crippen LogP contribution in [-0.4, -0.2) is 51.9 Å². The van der Waals surface area contributed by atoms with E-state index in [4.69, 9.17) is 4.42 Å². The number of nitrogens with zero attached hydrogens (tertiary/aromatic N) is 3. The summed E-state index contributed by atoms with van der Waals surface area (Å²) >= 11 is 0. The van der Waals surface area contributed by atoms with Gasteiger partial charge in [-0.2, -0.15) is 0 Å². The van der Waals surface area contributed by atoms with Crippen LogP contribution in [0, 0.1) is 0 Å². The molecule has 0 aliphatic carbocycles. The fourth-order valence-corrected chi connectivity index (χ4v) is 4.81. The number of hydrogen-bond donors (Lipinski definition) is 1. The lowest BCUT2D eigenvalue weighted by Gasteiger charge is -2.32. The number of hydrogen-bond acceptors (Lipinski definition) is 4. The summed E-state index contributed by atoms with van der Waals surface area (Å²) in [6, 6.07) is 18.3. The Kier molecular flexibility index (Phi) is 9.01. The summed E-state index contributed by atoms with van der Waals surface area (Å²) in [5, 5.41) is 3.15. The van der Waals surface area contributed by atoms with Gasteiger partial charge < -0.3 is 19.2 Å². The molecule has 1 aromatic carbocycles. The molecule has 1 N–H and O–H groups in total. The van der Waals surface area contributed by atoms with Crippen molar-refractivity contribution in [2.75, 3.05) is 19.6 Å². The van der Waals surface area contributed by atoms with Crippen LogP contribution in [0.5, 0.6) is 0 Å². The minimum absolute atomic E-state index is 0.154. The molecule has 7 nitrogen and oxygen atoms in total. The molecule has 192 valence electrons. The highest BCUT2D eigenvalue weighted by atomic mass is 16.4. The van der Waals surface area contributed by atoms with Gasteiger partial charge in [0.15, 0.2) is 5.76 Å². The molecule has 4 rings (SSSR count). The first kappa shape index (κ1) is 25.8. The lowest BCUT2D eigenvalue weighted by molar-refractivity contribution is -0.131. The van der Waals surface area contributed by atoms with Crippen LogP contribution >= 0.6 is 0 Å². The average Bonchev–Trinajstić information content (AvgIpc) is 3.55. The van der Waals surface area contributed by atoms with Gasteiger partial charge in [-0.05, 0) is 49.1 Å². The van der Waals surface area contributed by atoms with E-state index in [1.54, 1.807) is 6.07 Å². The van der Waals surface area contributed by atoms with E-state index in [0.717, 1.165) is 56.9 Å². The van der Waals surface area contributed by atoms with Crippen LogP contribution in [0.25, 0.3) is 0 Å². The number of furan rings is 1. The van der Waals surface area contributed by atoms with E-state index in [1.807, 2.05) is 42.3 Å². The highest BCUT2D eigenvalue weighted by Crippen LogP contribution is 2.17. The SMILES string of the molecule is CCCN(Cc1cccn1Cc1ccc(C(=O)NC2CCN(Cc3ccccc3)CC2)o1)C(=O)CC. The number of benzene rings is 1. The third kappa shape index (κ3) is 6.88. The van der Waals surface area contributed by atoms with Gasteiger partial charge >= 0.3 is 0 Å². The fraction of sp³-hybridized carbons (Fsp3) is 0.448. The summed E-state index contributed by atoms with van der Waals surface area (Å²) in [5.41, 5.74) is 2.37. The molecule has 0 saturated carbocycles. The van der Waals surface area contributed by atoms with E-state index in [0.29, 0.717) is 25.3 Å². The Morgan fingerprint density at radius 2 is 1.78 bits per heavy atom. The molecule has 7 heteroatoms. The van der Waals surface area contributed by atoms with Gasteiger partial charge in [0.05, 0.1) is 13.1 Å². The normalized spacial score (nSPS) is 14.6. The third-order valence-corrected chi connectivity index (χ3v) is 6.81. The maximum Gasteiger partial charge on any atom is 0.287 e. The first-order valence-corrected chi connectivity index (χ1v) is 13.1. The van der Waals surface area contributed by atoms with Gasteiger partial charge in [-0.3, -0.25) is 14.5 Å². The van der Waals surface area contributed by atoms with Crippen molar-refractivity contribution in [2.45, 2.75) is 65.2 Å². The maximum absolute atomic E-state index is 12.8. The minimum Gasteiger partial charge on any atom is -0.454 e. The quantitative estimate of drug-likeness (QED) is 0.424. The van der Waals surface area contributed by atoms with Crippen molar-refractivity contribution in [3.05, 3.63) is 83.6 Å². The van der Waals surface area contributed by atoms with Gasteiger partial charge in [-0.1, -0.05) is 44.2 Å². The Labute approximate surface area is 214 Å². The predicted molar refractivity (Wildman–Crippen MR) is 140 cm³/mol. The summed E-state index contributed by atoms with van der Waals surface area (Å²) in [5.74, 6) is 1.07. The first-order chi connectivity index (χ1) is 17.6. The molecule has 36 heavy (non-hydrogen) atoms. The number of likely N-dealkylation sites (tertiary alicyclic amines) is 1. The molecule has 1 saturated heterocycles.